The number of hydrogen-bond acceptors (Lipinski definition) is 10. The molecule has 2 aromatic carbocycles. The maximum atomic E-state index is 13.8. The van der Waals surface area contributed by atoms with Crippen LogP contribution in [0.4, 0.5) is 5.69 Å². The Balaban J connectivity index is 1.52. The van der Waals surface area contributed by atoms with Crippen molar-refractivity contribution in [2.24, 2.45) is 5.73 Å². The van der Waals surface area contributed by atoms with Crippen LogP contribution >= 0.6 is 0 Å². The zero-order chi connectivity index (χ0) is 29.2. The Bertz CT molecular complexity index is 1730. The number of nitrogens with two attached hydrogens (primary N) is 1. The predicted molar refractivity (Wildman–Crippen MR) is 145 cm³/mol. The number of pyridine rings is 1. The minimum atomic E-state index is -4.46. The van der Waals surface area contributed by atoms with Gasteiger partial charge in [0, 0.05) is 50.8 Å². The van der Waals surface area contributed by atoms with Crippen LogP contribution in [0.5, 0.6) is 17.2 Å². The molecule has 214 valence electrons. The van der Waals surface area contributed by atoms with Crippen LogP contribution in [-0.4, -0.2) is 61.7 Å². The lowest BCUT2D eigenvalue weighted by Gasteiger charge is -2.35. The molecule has 0 unspecified atom stereocenters. The van der Waals surface area contributed by atoms with Crippen molar-refractivity contribution in [3.63, 3.8) is 0 Å². The van der Waals surface area contributed by atoms with Gasteiger partial charge < -0.3 is 29.7 Å². The van der Waals surface area contributed by atoms with Gasteiger partial charge in [-0.25, -0.2) is 13.4 Å². The molecule has 3 heterocycles. The van der Waals surface area contributed by atoms with Crippen molar-refractivity contribution in [1.29, 1.82) is 0 Å². The number of nitro groups is 1. The number of amides is 1. The summed E-state index contributed by atoms with van der Waals surface area (Å²) in [5, 5.41) is 12.6. The third kappa shape index (κ3) is 5.57. The van der Waals surface area contributed by atoms with E-state index in [1.165, 1.54) is 43.6 Å². The van der Waals surface area contributed by atoms with E-state index in [-0.39, 0.29) is 29.4 Å². The number of benzene rings is 2. The number of carbonyl (C=O) groups is 1. The quantitative estimate of drug-likeness (QED) is 0.206. The molecule has 0 saturated carbocycles. The van der Waals surface area contributed by atoms with E-state index in [2.05, 4.69) is 9.97 Å². The van der Waals surface area contributed by atoms with Crippen molar-refractivity contribution in [1.82, 2.24) is 9.97 Å². The number of aromatic nitrogens is 2. The van der Waals surface area contributed by atoms with E-state index in [1.807, 2.05) is 0 Å². The van der Waals surface area contributed by atoms with Crippen LogP contribution in [0, 0.1) is 10.1 Å². The Morgan fingerprint density at radius 3 is 2.68 bits per heavy atom. The Kier molecular flexibility index (Phi) is 7.62. The molecule has 2 aromatic heterocycles. The fraction of sp³-hybridized carbons (Fsp3) is 0.259. The molecule has 5 rings (SSSR count). The minimum Gasteiger partial charge on any atom is -0.484 e. The average Bonchev–Trinajstić information content (AvgIpc) is 3.44. The summed E-state index contributed by atoms with van der Waals surface area (Å²) in [5.41, 5.74) is 4.68. The molecular formula is C27H26N4O9S. The second-order valence-corrected chi connectivity index (χ2v) is 11.3. The normalized spacial score (nSPS) is 15.0. The number of fused-ring (bicyclic) bond motifs is 1. The summed E-state index contributed by atoms with van der Waals surface area (Å²) >= 11 is 0. The van der Waals surface area contributed by atoms with Crippen LogP contribution in [0.15, 0.2) is 70.7 Å². The number of carbonyl (C=O) groups excluding carboxylic acids is 1. The lowest BCUT2D eigenvalue weighted by atomic mass is 9.95. The highest BCUT2D eigenvalue weighted by Crippen LogP contribution is 2.39. The molecule has 1 aliphatic heterocycles. The van der Waals surface area contributed by atoms with Crippen molar-refractivity contribution in [2.45, 2.75) is 28.2 Å². The maximum absolute atomic E-state index is 13.8. The Labute approximate surface area is 234 Å². The number of hydrogen-bond donors (Lipinski definition) is 2. The van der Waals surface area contributed by atoms with Crippen molar-refractivity contribution in [3.05, 3.63) is 76.6 Å². The summed E-state index contributed by atoms with van der Waals surface area (Å²) in [6.45, 7) is 0.929. The largest absolute Gasteiger partial charge is 0.484 e. The zero-order valence-electron chi connectivity index (χ0n) is 21.9. The lowest BCUT2D eigenvalue weighted by molar-refractivity contribution is -0.386. The van der Waals surface area contributed by atoms with Crippen molar-refractivity contribution >= 4 is 32.5 Å². The fourth-order valence-corrected chi connectivity index (χ4v) is 5.96. The van der Waals surface area contributed by atoms with E-state index in [0.29, 0.717) is 37.1 Å². The molecule has 41 heavy (non-hydrogen) atoms. The number of methoxy groups -OCH3 is 1. The monoisotopic (exact) mass is 582 g/mol. The number of sulfone groups is 1. The summed E-state index contributed by atoms with van der Waals surface area (Å²) in [7, 11) is -2.93. The van der Waals surface area contributed by atoms with E-state index in [9.17, 15) is 23.3 Å². The zero-order valence-corrected chi connectivity index (χ0v) is 22.7. The van der Waals surface area contributed by atoms with Gasteiger partial charge in [0.25, 0.3) is 5.91 Å². The van der Waals surface area contributed by atoms with Gasteiger partial charge in [0.15, 0.2) is 11.5 Å². The second kappa shape index (κ2) is 11.2. The number of rotatable bonds is 10. The molecule has 0 bridgehead atoms. The van der Waals surface area contributed by atoms with Crippen LogP contribution in [0.1, 0.15) is 23.2 Å². The molecule has 0 atom stereocenters. The summed E-state index contributed by atoms with van der Waals surface area (Å²) < 4.78 is 50.3. The Morgan fingerprint density at radius 2 is 1.98 bits per heavy atom. The standard InChI is InChI=1S/C27H26N4O9S/c1-37-27(8-11-38-12-9-27)16-39-22-6-5-19(14-21(22)31(33)34)41(35,36)23-4-2-3-20(25(28)32)24(23)40-18-13-17-7-10-29-26(17)30-15-18/h2-7,10,13-15H,8-9,11-12,16H2,1H3,(H2,28,32)(H,29,30). The molecule has 1 aliphatic rings. The fourth-order valence-electron chi connectivity index (χ4n) is 4.54. The molecule has 1 amide bonds. The number of aromatic amines is 1. The summed E-state index contributed by atoms with van der Waals surface area (Å²) in [5.74, 6) is -1.23. The highest BCUT2D eigenvalue weighted by atomic mass is 32.2. The minimum absolute atomic E-state index is 0.0119. The predicted octanol–water partition coefficient (Wildman–Crippen LogP) is 3.77. The van der Waals surface area contributed by atoms with Crippen molar-refractivity contribution < 1.29 is 37.1 Å². The first-order valence-electron chi connectivity index (χ1n) is 12.5. The number of nitrogens with zero attached hydrogens (tertiary/aromatic N) is 2. The van der Waals surface area contributed by atoms with Crippen LogP contribution in [0.3, 0.4) is 0 Å². The lowest BCUT2D eigenvalue weighted by Crippen LogP contribution is -2.43. The third-order valence-corrected chi connectivity index (χ3v) is 8.67. The molecule has 4 aromatic rings. The molecule has 0 radical (unpaired) electrons. The van der Waals surface area contributed by atoms with Crippen molar-refractivity contribution in [3.8, 4) is 17.2 Å². The van der Waals surface area contributed by atoms with Gasteiger partial charge in [-0.3, -0.25) is 14.9 Å². The van der Waals surface area contributed by atoms with Gasteiger partial charge in [0.05, 0.1) is 21.6 Å². The van der Waals surface area contributed by atoms with Gasteiger partial charge in [0.2, 0.25) is 9.84 Å². The van der Waals surface area contributed by atoms with Gasteiger partial charge in [-0.15, -0.1) is 0 Å². The number of H-pyrrole nitrogens is 1. The van der Waals surface area contributed by atoms with Gasteiger partial charge in [-0.05, 0) is 36.4 Å². The van der Waals surface area contributed by atoms with E-state index >= 15 is 0 Å². The number of para-hydroxylation sites is 1. The number of ether oxygens (including phenoxy) is 4. The van der Waals surface area contributed by atoms with Crippen LogP contribution in [0.2, 0.25) is 0 Å². The van der Waals surface area contributed by atoms with E-state index in [4.69, 9.17) is 24.7 Å². The number of nitro benzene ring substituents is 1. The molecule has 1 fully saturated rings. The Hall–Kier alpha value is -4.53. The summed E-state index contributed by atoms with van der Waals surface area (Å²) in [6.07, 6.45) is 4.10. The molecule has 0 spiro atoms. The summed E-state index contributed by atoms with van der Waals surface area (Å²) in [6, 6.07) is 10.5. The van der Waals surface area contributed by atoms with Gasteiger partial charge in [-0.1, -0.05) is 6.07 Å². The number of primary amides is 1. The van der Waals surface area contributed by atoms with Crippen molar-refractivity contribution in [2.75, 3.05) is 26.9 Å². The van der Waals surface area contributed by atoms with Gasteiger partial charge in [0.1, 0.15) is 28.5 Å². The molecule has 13 nitrogen and oxygen atoms in total. The van der Waals surface area contributed by atoms with Gasteiger partial charge >= 0.3 is 5.69 Å². The first-order chi connectivity index (χ1) is 19.6. The van der Waals surface area contributed by atoms with Crippen LogP contribution in [0.25, 0.3) is 11.0 Å². The molecule has 1 saturated heterocycles. The van der Waals surface area contributed by atoms with E-state index in [1.54, 1.807) is 18.3 Å². The van der Waals surface area contributed by atoms with Crippen LogP contribution < -0.4 is 15.2 Å². The number of nitrogens with one attached hydrogen (secondary N) is 1. The average molecular weight is 583 g/mol. The highest BCUT2D eigenvalue weighted by Gasteiger charge is 2.35. The second-order valence-electron chi connectivity index (χ2n) is 9.36. The summed E-state index contributed by atoms with van der Waals surface area (Å²) in [4.78, 5) is 29.8. The van der Waals surface area contributed by atoms with E-state index < -0.39 is 41.7 Å². The first kappa shape index (κ1) is 28.0. The van der Waals surface area contributed by atoms with Gasteiger partial charge in [-0.2, -0.15) is 0 Å². The molecule has 0 aliphatic carbocycles. The SMILES string of the molecule is COC1(COc2ccc(S(=O)(=O)c3cccc(C(N)=O)c3Oc3cnc4[nH]ccc4c3)cc2[N+](=O)[O-])CCOCC1. The smallest absolute Gasteiger partial charge is 0.312 e. The third-order valence-electron chi connectivity index (χ3n) is 6.89. The first-order valence-corrected chi connectivity index (χ1v) is 13.9. The van der Waals surface area contributed by atoms with Crippen LogP contribution in [-0.2, 0) is 19.3 Å². The molecule has 14 heteroatoms. The highest BCUT2D eigenvalue weighted by molar-refractivity contribution is 7.91. The topological polar surface area (TPSA) is 186 Å². The van der Waals surface area contributed by atoms with E-state index in [0.717, 1.165) is 6.07 Å². The maximum Gasteiger partial charge on any atom is 0.312 e. The Morgan fingerprint density at radius 1 is 1.20 bits per heavy atom. The molecule has 3 N–H and O–H groups in total. The molecular weight excluding hydrogens is 556 g/mol.